The van der Waals surface area contributed by atoms with Crippen molar-refractivity contribution in [3.8, 4) is 0 Å². The number of hydrogen-bond acceptors (Lipinski definition) is 4. The molecule has 2 rings (SSSR count). The van der Waals surface area contributed by atoms with Crippen LogP contribution in [-0.4, -0.2) is 44.5 Å². The van der Waals surface area contributed by atoms with Gasteiger partial charge in [0, 0.05) is 18.0 Å². The SMILES string of the molecule is O=C(O)[C@@H]1CSCN1C(=O)c1ccc(=O)[nH]c1. The molecule has 0 spiro atoms. The van der Waals surface area contributed by atoms with Gasteiger partial charge in [-0.25, -0.2) is 4.79 Å². The lowest BCUT2D eigenvalue weighted by Gasteiger charge is -2.20. The molecule has 1 saturated heterocycles. The highest BCUT2D eigenvalue weighted by Gasteiger charge is 2.34. The quantitative estimate of drug-likeness (QED) is 0.773. The number of nitrogens with one attached hydrogen (secondary N) is 1. The molecule has 1 amide bonds. The maximum atomic E-state index is 12.0. The molecule has 90 valence electrons. The lowest BCUT2D eigenvalue weighted by atomic mass is 10.2. The van der Waals surface area contributed by atoms with Crippen LogP contribution in [0.1, 0.15) is 10.4 Å². The molecule has 1 aromatic heterocycles. The maximum Gasteiger partial charge on any atom is 0.327 e. The summed E-state index contributed by atoms with van der Waals surface area (Å²) in [5, 5.41) is 8.96. The van der Waals surface area contributed by atoms with Gasteiger partial charge in [-0.2, -0.15) is 0 Å². The molecule has 7 heteroatoms. The molecule has 1 fully saturated rings. The van der Waals surface area contributed by atoms with Gasteiger partial charge in [-0.15, -0.1) is 11.8 Å². The van der Waals surface area contributed by atoms with Crippen molar-refractivity contribution in [1.82, 2.24) is 9.88 Å². The van der Waals surface area contributed by atoms with Gasteiger partial charge in [0.1, 0.15) is 6.04 Å². The van der Waals surface area contributed by atoms with Gasteiger partial charge in [0.2, 0.25) is 5.56 Å². The molecule has 0 saturated carbocycles. The molecule has 6 nitrogen and oxygen atoms in total. The fourth-order valence-electron chi connectivity index (χ4n) is 1.56. The standard InChI is InChI=1S/C10H10N2O4S/c13-8-2-1-6(3-11-8)9(14)12-5-17-4-7(12)10(15)16/h1-3,7H,4-5H2,(H,11,13)(H,15,16)/t7-/m0/s1. The third kappa shape index (κ3) is 2.33. The molecule has 2 heterocycles. The molecule has 0 aromatic carbocycles. The number of carboxylic acids is 1. The minimum Gasteiger partial charge on any atom is -0.480 e. The van der Waals surface area contributed by atoms with E-state index < -0.39 is 12.0 Å². The number of amides is 1. The fourth-order valence-corrected chi connectivity index (χ4v) is 2.70. The first-order valence-corrected chi connectivity index (χ1v) is 6.05. The van der Waals surface area contributed by atoms with Crippen molar-refractivity contribution in [2.24, 2.45) is 0 Å². The molecular weight excluding hydrogens is 244 g/mol. The lowest BCUT2D eigenvalue weighted by Crippen LogP contribution is -2.41. The van der Waals surface area contributed by atoms with Gasteiger partial charge in [0.25, 0.3) is 5.91 Å². The van der Waals surface area contributed by atoms with Gasteiger partial charge in [0.15, 0.2) is 0 Å². The normalized spacial score (nSPS) is 19.3. The number of thioether (sulfide) groups is 1. The molecule has 1 aliphatic rings. The predicted molar refractivity (Wildman–Crippen MR) is 62.0 cm³/mol. The van der Waals surface area contributed by atoms with E-state index in [1.807, 2.05) is 0 Å². The van der Waals surface area contributed by atoms with Crippen molar-refractivity contribution in [3.63, 3.8) is 0 Å². The number of nitrogens with zero attached hydrogens (tertiary/aromatic N) is 1. The average Bonchev–Trinajstić information content (AvgIpc) is 2.78. The Morgan fingerprint density at radius 3 is 2.82 bits per heavy atom. The van der Waals surface area contributed by atoms with Gasteiger partial charge >= 0.3 is 5.97 Å². The van der Waals surface area contributed by atoms with Gasteiger partial charge in [-0.3, -0.25) is 9.59 Å². The van der Waals surface area contributed by atoms with Crippen LogP contribution in [0.4, 0.5) is 0 Å². The zero-order chi connectivity index (χ0) is 12.4. The second-order valence-corrected chi connectivity index (χ2v) is 4.57. The summed E-state index contributed by atoms with van der Waals surface area (Å²) in [7, 11) is 0. The highest BCUT2D eigenvalue weighted by molar-refractivity contribution is 7.99. The Hall–Kier alpha value is -1.76. The van der Waals surface area contributed by atoms with Crippen LogP contribution in [0.2, 0.25) is 0 Å². The van der Waals surface area contributed by atoms with Gasteiger partial charge in [0.05, 0.1) is 11.4 Å². The Balaban J connectivity index is 2.22. The van der Waals surface area contributed by atoms with Crippen LogP contribution in [0.15, 0.2) is 23.1 Å². The number of rotatable bonds is 2. The molecule has 0 radical (unpaired) electrons. The van der Waals surface area contributed by atoms with E-state index in [2.05, 4.69) is 4.98 Å². The summed E-state index contributed by atoms with van der Waals surface area (Å²) in [6.45, 7) is 0. The van der Waals surface area contributed by atoms with E-state index in [-0.39, 0.29) is 11.5 Å². The first-order chi connectivity index (χ1) is 8.09. The van der Waals surface area contributed by atoms with Gasteiger partial charge in [-0.1, -0.05) is 0 Å². The molecule has 17 heavy (non-hydrogen) atoms. The highest BCUT2D eigenvalue weighted by atomic mass is 32.2. The predicted octanol–water partition coefficient (Wildman–Crippen LogP) is -0.0254. The zero-order valence-corrected chi connectivity index (χ0v) is 9.57. The molecular formula is C10H10N2O4S. The van der Waals surface area contributed by atoms with Gasteiger partial charge in [-0.05, 0) is 6.07 Å². The number of aliphatic carboxylic acids is 1. The maximum absolute atomic E-state index is 12.0. The highest BCUT2D eigenvalue weighted by Crippen LogP contribution is 2.22. The average molecular weight is 254 g/mol. The number of aromatic amines is 1. The van der Waals surface area contributed by atoms with E-state index in [4.69, 9.17) is 5.11 Å². The third-order valence-corrected chi connectivity index (χ3v) is 3.47. The largest absolute Gasteiger partial charge is 0.480 e. The van der Waals surface area contributed by atoms with Crippen LogP contribution < -0.4 is 5.56 Å². The Kier molecular flexibility index (Phi) is 3.19. The smallest absolute Gasteiger partial charge is 0.327 e. The second kappa shape index (κ2) is 4.62. The molecule has 1 atom stereocenters. The number of hydrogen-bond donors (Lipinski definition) is 2. The molecule has 0 aliphatic carbocycles. The summed E-state index contributed by atoms with van der Waals surface area (Å²) in [5.74, 6) is -0.634. The molecule has 0 bridgehead atoms. The Morgan fingerprint density at radius 2 is 2.24 bits per heavy atom. The van der Waals surface area contributed by atoms with Crippen LogP contribution in [0.5, 0.6) is 0 Å². The Morgan fingerprint density at radius 1 is 1.47 bits per heavy atom. The Bertz CT molecular complexity index is 493. The van der Waals surface area contributed by atoms with E-state index in [0.717, 1.165) is 0 Å². The first kappa shape index (κ1) is 11.7. The topological polar surface area (TPSA) is 90.5 Å². The summed E-state index contributed by atoms with van der Waals surface area (Å²) in [6, 6.07) is 1.84. The van der Waals surface area contributed by atoms with Crippen LogP contribution >= 0.6 is 11.8 Å². The van der Waals surface area contributed by atoms with E-state index >= 15 is 0 Å². The minimum absolute atomic E-state index is 0.290. The summed E-state index contributed by atoms with van der Waals surface area (Å²) in [5.41, 5.74) is -0.00881. The van der Waals surface area contributed by atoms with Crippen molar-refractivity contribution in [1.29, 1.82) is 0 Å². The number of carbonyl (C=O) groups is 2. The van der Waals surface area contributed by atoms with E-state index in [1.54, 1.807) is 0 Å². The summed E-state index contributed by atoms with van der Waals surface area (Å²) in [6.07, 6.45) is 1.30. The number of carboxylic acid groups (broad SMARTS) is 1. The summed E-state index contributed by atoms with van der Waals surface area (Å²) in [4.78, 5) is 37.5. The summed E-state index contributed by atoms with van der Waals surface area (Å²) < 4.78 is 0. The van der Waals surface area contributed by atoms with Crippen LogP contribution in [0.3, 0.4) is 0 Å². The minimum atomic E-state index is -1.01. The number of carbonyl (C=O) groups excluding carboxylic acids is 1. The molecule has 1 aromatic rings. The van der Waals surface area contributed by atoms with Crippen LogP contribution in [0, 0.1) is 0 Å². The molecule has 2 N–H and O–H groups in total. The van der Waals surface area contributed by atoms with Crippen LogP contribution in [-0.2, 0) is 4.79 Å². The number of aromatic nitrogens is 1. The summed E-state index contributed by atoms with van der Waals surface area (Å²) >= 11 is 1.40. The number of pyridine rings is 1. The van der Waals surface area contributed by atoms with Crippen molar-refractivity contribution in [2.75, 3.05) is 11.6 Å². The third-order valence-electron chi connectivity index (χ3n) is 2.46. The van der Waals surface area contributed by atoms with E-state index in [9.17, 15) is 14.4 Å². The zero-order valence-electron chi connectivity index (χ0n) is 8.75. The fraction of sp³-hybridized carbons (Fsp3) is 0.300. The lowest BCUT2D eigenvalue weighted by molar-refractivity contribution is -0.140. The van der Waals surface area contributed by atoms with Crippen molar-refractivity contribution >= 4 is 23.6 Å². The second-order valence-electron chi connectivity index (χ2n) is 3.57. The van der Waals surface area contributed by atoms with Crippen molar-refractivity contribution in [3.05, 3.63) is 34.2 Å². The van der Waals surface area contributed by atoms with E-state index in [0.29, 0.717) is 17.2 Å². The van der Waals surface area contributed by atoms with Crippen molar-refractivity contribution in [2.45, 2.75) is 6.04 Å². The van der Waals surface area contributed by atoms with Gasteiger partial charge < -0.3 is 15.0 Å². The van der Waals surface area contributed by atoms with E-state index in [1.165, 1.54) is 35.0 Å². The monoisotopic (exact) mass is 254 g/mol. The number of H-pyrrole nitrogens is 1. The Labute approximate surface area is 101 Å². The van der Waals surface area contributed by atoms with Crippen molar-refractivity contribution < 1.29 is 14.7 Å². The first-order valence-electron chi connectivity index (χ1n) is 4.90. The molecule has 0 unspecified atom stereocenters. The van der Waals surface area contributed by atoms with Crippen LogP contribution in [0.25, 0.3) is 0 Å². The molecule has 1 aliphatic heterocycles.